The lowest BCUT2D eigenvalue weighted by Gasteiger charge is -2.14. The van der Waals surface area contributed by atoms with Gasteiger partial charge >= 0.3 is 6.16 Å². The fourth-order valence-electron chi connectivity index (χ4n) is 3.53. The number of aromatic hydroxyl groups is 1. The smallest absolute Gasteiger partial charge is 0.503 e. The number of amides is 1. The SMILES string of the molecule is N#Cc1nc(C(=O)NC2CCCC2)c(O)c2ccc(Oc3ccccc3)cc12.O=C(O)O. The molecule has 9 heteroatoms. The minimum absolute atomic E-state index is 0.0721. The molecule has 32 heavy (non-hydrogen) atoms. The largest absolute Gasteiger partial charge is 0.505 e. The number of hydrogen-bond donors (Lipinski definition) is 4. The molecule has 1 heterocycles. The lowest BCUT2D eigenvalue weighted by atomic mass is 10.1. The van der Waals surface area contributed by atoms with Gasteiger partial charge in [0.1, 0.15) is 23.3 Å². The summed E-state index contributed by atoms with van der Waals surface area (Å²) < 4.78 is 5.79. The number of rotatable bonds is 4. The molecular weight excluding hydrogens is 414 g/mol. The van der Waals surface area contributed by atoms with Gasteiger partial charge in [-0.25, -0.2) is 9.78 Å². The summed E-state index contributed by atoms with van der Waals surface area (Å²) in [6.07, 6.45) is 2.17. The van der Waals surface area contributed by atoms with Crippen LogP contribution in [0.25, 0.3) is 10.8 Å². The third kappa shape index (κ3) is 5.43. The van der Waals surface area contributed by atoms with E-state index in [1.165, 1.54) is 0 Å². The van der Waals surface area contributed by atoms with Crippen LogP contribution in [0.5, 0.6) is 17.2 Å². The van der Waals surface area contributed by atoms with Crippen molar-refractivity contribution in [3.63, 3.8) is 0 Å². The van der Waals surface area contributed by atoms with Crippen LogP contribution in [0.3, 0.4) is 0 Å². The first-order valence-corrected chi connectivity index (χ1v) is 9.91. The van der Waals surface area contributed by atoms with Gasteiger partial charge in [0.15, 0.2) is 11.4 Å². The predicted octanol–water partition coefficient (Wildman–Crippen LogP) is 4.50. The fourth-order valence-corrected chi connectivity index (χ4v) is 3.53. The molecule has 2 aromatic carbocycles. The van der Waals surface area contributed by atoms with Crippen molar-refractivity contribution >= 4 is 22.8 Å². The van der Waals surface area contributed by atoms with Crippen LogP contribution in [0.4, 0.5) is 4.79 Å². The van der Waals surface area contributed by atoms with Crippen LogP contribution < -0.4 is 10.1 Å². The summed E-state index contributed by atoms with van der Waals surface area (Å²) in [5, 5.41) is 37.8. The van der Waals surface area contributed by atoms with Gasteiger partial charge in [-0.05, 0) is 43.2 Å². The monoisotopic (exact) mass is 435 g/mol. The zero-order valence-corrected chi connectivity index (χ0v) is 17.0. The Morgan fingerprint density at radius 2 is 1.69 bits per heavy atom. The van der Waals surface area contributed by atoms with Gasteiger partial charge in [-0.1, -0.05) is 31.0 Å². The second-order valence-electron chi connectivity index (χ2n) is 7.13. The van der Waals surface area contributed by atoms with E-state index in [-0.39, 0.29) is 23.2 Å². The van der Waals surface area contributed by atoms with Gasteiger partial charge in [0.2, 0.25) is 0 Å². The Labute approximate surface area is 183 Å². The summed E-state index contributed by atoms with van der Waals surface area (Å²) in [6, 6.07) is 16.3. The molecule has 1 fully saturated rings. The van der Waals surface area contributed by atoms with Gasteiger partial charge in [-0.3, -0.25) is 4.79 Å². The maximum absolute atomic E-state index is 12.6. The molecule has 0 spiro atoms. The highest BCUT2D eigenvalue weighted by atomic mass is 16.6. The Balaban J connectivity index is 0.000000668. The van der Waals surface area contributed by atoms with Crippen LogP contribution >= 0.6 is 0 Å². The van der Waals surface area contributed by atoms with Crippen molar-refractivity contribution in [3.05, 3.63) is 59.9 Å². The molecule has 4 rings (SSSR count). The Kier molecular flexibility index (Phi) is 7.08. The van der Waals surface area contributed by atoms with Crippen LogP contribution in [0.15, 0.2) is 48.5 Å². The lowest BCUT2D eigenvalue weighted by molar-refractivity contribution is 0.0929. The number of nitriles is 1. The van der Waals surface area contributed by atoms with Gasteiger partial charge in [-0.15, -0.1) is 0 Å². The van der Waals surface area contributed by atoms with Crippen molar-refractivity contribution in [1.29, 1.82) is 5.26 Å². The average Bonchev–Trinajstić information content (AvgIpc) is 3.27. The second kappa shape index (κ2) is 10.1. The maximum Gasteiger partial charge on any atom is 0.503 e. The van der Waals surface area contributed by atoms with Gasteiger partial charge < -0.3 is 25.4 Å². The van der Waals surface area contributed by atoms with E-state index in [1.54, 1.807) is 18.2 Å². The molecule has 0 radical (unpaired) electrons. The van der Waals surface area contributed by atoms with E-state index >= 15 is 0 Å². The number of nitrogens with one attached hydrogen (secondary N) is 1. The van der Waals surface area contributed by atoms with Gasteiger partial charge in [-0.2, -0.15) is 5.26 Å². The van der Waals surface area contributed by atoms with E-state index in [1.807, 2.05) is 36.4 Å². The predicted molar refractivity (Wildman–Crippen MR) is 115 cm³/mol. The second-order valence-corrected chi connectivity index (χ2v) is 7.13. The molecule has 9 nitrogen and oxygen atoms in total. The third-order valence-electron chi connectivity index (χ3n) is 4.94. The van der Waals surface area contributed by atoms with E-state index in [4.69, 9.17) is 19.7 Å². The Bertz CT molecular complexity index is 1160. The average molecular weight is 435 g/mol. The van der Waals surface area contributed by atoms with E-state index in [2.05, 4.69) is 10.3 Å². The number of carbonyl (C=O) groups excluding carboxylic acids is 1. The minimum Gasteiger partial charge on any atom is -0.505 e. The van der Waals surface area contributed by atoms with Crippen molar-refractivity contribution < 1.29 is 29.6 Å². The molecule has 1 aromatic heterocycles. The molecule has 0 aliphatic heterocycles. The Hall–Kier alpha value is -4.32. The minimum atomic E-state index is -1.83. The topological polar surface area (TPSA) is 153 Å². The quantitative estimate of drug-likeness (QED) is 0.467. The van der Waals surface area contributed by atoms with E-state index in [9.17, 15) is 15.2 Å². The molecule has 0 saturated heterocycles. The van der Waals surface area contributed by atoms with E-state index in [0.29, 0.717) is 22.3 Å². The third-order valence-corrected chi connectivity index (χ3v) is 4.94. The van der Waals surface area contributed by atoms with Crippen molar-refractivity contribution in [2.24, 2.45) is 0 Å². The number of carbonyl (C=O) groups is 2. The Morgan fingerprint density at radius 3 is 2.31 bits per heavy atom. The highest BCUT2D eigenvalue weighted by Gasteiger charge is 2.23. The molecule has 0 atom stereocenters. The number of fused-ring (bicyclic) bond motifs is 1. The van der Waals surface area contributed by atoms with Crippen LogP contribution in [0.1, 0.15) is 41.9 Å². The number of hydrogen-bond acceptors (Lipinski definition) is 6. The molecular formula is C23H21N3O6. The highest BCUT2D eigenvalue weighted by molar-refractivity contribution is 6.03. The zero-order chi connectivity index (χ0) is 23.1. The molecule has 1 saturated carbocycles. The van der Waals surface area contributed by atoms with Crippen LogP contribution in [0, 0.1) is 11.3 Å². The number of pyridine rings is 1. The number of aromatic nitrogens is 1. The summed E-state index contributed by atoms with van der Waals surface area (Å²) in [5.41, 5.74) is -0.0458. The number of ether oxygens (including phenoxy) is 1. The number of benzene rings is 2. The van der Waals surface area contributed by atoms with Crippen LogP contribution in [-0.4, -0.2) is 38.4 Å². The summed E-state index contributed by atoms with van der Waals surface area (Å²) >= 11 is 0. The molecule has 1 aliphatic rings. The van der Waals surface area contributed by atoms with Crippen LogP contribution in [0.2, 0.25) is 0 Å². The van der Waals surface area contributed by atoms with Gasteiger partial charge in [0.05, 0.1) is 0 Å². The molecule has 0 unspecified atom stereocenters. The zero-order valence-electron chi connectivity index (χ0n) is 17.0. The molecule has 164 valence electrons. The molecule has 0 bridgehead atoms. The van der Waals surface area contributed by atoms with Crippen molar-refractivity contribution in [1.82, 2.24) is 10.3 Å². The molecule has 1 amide bonds. The number of carboxylic acid groups (broad SMARTS) is 2. The summed E-state index contributed by atoms with van der Waals surface area (Å²) in [6.45, 7) is 0. The first kappa shape index (κ1) is 22.4. The number of para-hydroxylation sites is 1. The normalized spacial score (nSPS) is 13.0. The van der Waals surface area contributed by atoms with E-state index < -0.39 is 12.1 Å². The van der Waals surface area contributed by atoms with Crippen molar-refractivity contribution in [2.45, 2.75) is 31.7 Å². The Morgan fingerprint density at radius 1 is 1.03 bits per heavy atom. The summed E-state index contributed by atoms with van der Waals surface area (Å²) in [5.74, 6) is 0.493. The standard InChI is InChI=1S/C22H19N3O3.CH2O3/c23-13-19-18-12-16(28-15-8-2-1-3-9-15)10-11-17(18)21(26)20(25-19)22(27)24-14-6-4-5-7-14;2-1(3)4/h1-3,8-12,14,26H,4-7H2,(H,24,27);(H2,2,3,4). The van der Waals surface area contributed by atoms with Crippen molar-refractivity contribution in [2.75, 3.05) is 0 Å². The van der Waals surface area contributed by atoms with Crippen LogP contribution in [-0.2, 0) is 0 Å². The maximum atomic E-state index is 12.6. The van der Waals surface area contributed by atoms with E-state index in [0.717, 1.165) is 25.7 Å². The fraction of sp³-hybridized carbons (Fsp3) is 0.217. The highest BCUT2D eigenvalue weighted by Crippen LogP contribution is 2.33. The molecule has 1 aliphatic carbocycles. The van der Waals surface area contributed by atoms with Gasteiger partial charge in [0, 0.05) is 16.8 Å². The van der Waals surface area contributed by atoms with Gasteiger partial charge in [0.25, 0.3) is 5.91 Å². The summed E-state index contributed by atoms with van der Waals surface area (Å²) in [4.78, 5) is 25.3. The van der Waals surface area contributed by atoms with Crippen molar-refractivity contribution in [3.8, 4) is 23.3 Å². The molecule has 4 N–H and O–H groups in total. The first-order valence-electron chi connectivity index (χ1n) is 9.91. The lowest BCUT2D eigenvalue weighted by Crippen LogP contribution is -2.33. The first-order chi connectivity index (χ1) is 15.4. The summed E-state index contributed by atoms with van der Waals surface area (Å²) in [7, 11) is 0. The number of nitrogens with zero attached hydrogens (tertiary/aromatic N) is 2. The molecule has 3 aromatic rings.